The number of nitrogens with zero attached hydrogens (tertiary/aromatic N) is 3. The molecular weight excluding hydrogens is 358 g/mol. The van der Waals surface area contributed by atoms with Gasteiger partial charge in [-0.2, -0.15) is 10.2 Å². The van der Waals surface area contributed by atoms with Crippen LogP contribution in [0, 0.1) is 0 Å². The Labute approximate surface area is 162 Å². The third-order valence-electron chi connectivity index (χ3n) is 3.53. The normalized spacial score (nSPS) is 11.3. The summed E-state index contributed by atoms with van der Waals surface area (Å²) >= 11 is 5.19. The Morgan fingerprint density at radius 2 is 1.67 bits per heavy atom. The van der Waals surface area contributed by atoms with E-state index in [4.69, 9.17) is 12.2 Å². The highest BCUT2D eigenvalue weighted by molar-refractivity contribution is 7.80. The molecule has 6 nitrogen and oxygen atoms in total. The molecule has 7 heteroatoms. The van der Waals surface area contributed by atoms with Crippen LogP contribution in [0.5, 0.6) is 5.75 Å². The van der Waals surface area contributed by atoms with Crippen LogP contribution in [0.15, 0.2) is 89.2 Å². The number of hydrazone groups is 2. The van der Waals surface area contributed by atoms with E-state index in [1.54, 1.807) is 30.5 Å². The third-order valence-corrected chi connectivity index (χ3v) is 3.71. The minimum absolute atomic E-state index is 0.140. The fraction of sp³-hybridized carbons (Fsp3) is 0. The molecule has 0 atom stereocenters. The average Bonchev–Trinajstić information content (AvgIpc) is 2.71. The molecule has 2 aromatic carbocycles. The molecule has 0 fully saturated rings. The van der Waals surface area contributed by atoms with E-state index in [1.807, 2.05) is 48.5 Å². The molecule has 0 amide bonds. The Balaban J connectivity index is 1.71. The molecule has 27 heavy (non-hydrogen) atoms. The number of pyridine rings is 1. The predicted octanol–water partition coefficient (Wildman–Crippen LogP) is 3.04. The zero-order chi connectivity index (χ0) is 18.9. The van der Waals surface area contributed by atoms with Crippen LogP contribution in [0.3, 0.4) is 0 Å². The molecule has 1 aromatic heterocycles. The summed E-state index contributed by atoms with van der Waals surface area (Å²) in [6.45, 7) is 0. The Hall–Kier alpha value is -3.58. The molecule has 0 saturated heterocycles. The molecule has 0 aliphatic heterocycles. The Morgan fingerprint density at radius 3 is 2.41 bits per heavy atom. The van der Waals surface area contributed by atoms with Crippen molar-refractivity contribution in [2.75, 3.05) is 0 Å². The van der Waals surface area contributed by atoms with Crippen LogP contribution in [0.1, 0.15) is 16.8 Å². The number of aromatic hydroxyl groups is 1. The van der Waals surface area contributed by atoms with Crippen molar-refractivity contribution in [3.8, 4) is 5.75 Å². The largest absolute Gasteiger partial charge is 0.507 e. The number of benzene rings is 2. The van der Waals surface area contributed by atoms with Gasteiger partial charge >= 0.3 is 0 Å². The molecule has 0 aliphatic rings. The van der Waals surface area contributed by atoms with Crippen molar-refractivity contribution in [2.45, 2.75) is 0 Å². The fourth-order valence-electron chi connectivity index (χ4n) is 2.26. The molecule has 0 aliphatic carbocycles. The van der Waals surface area contributed by atoms with E-state index in [0.29, 0.717) is 11.3 Å². The minimum Gasteiger partial charge on any atom is -0.507 e. The summed E-state index contributed by atoms with van der Waals surface area (Å²) < 4.78 is 0. The lowest BCUT2D eigenvalue weighted by Crippen LogP contribution is -2.29. The number of phenolic OH excluding ortho intramolecular Hbond substituents is 1. The zero-order valence-corrected chi connectivity index (χ0v) is 15.1. The first-order valence-corrected chi connectivity index (χ1v) is 8.56. The molecule has 134 valence electrons. The van der Waals surface area contributed by atoms with Crippen molar-refractivity contribution < 1.29 is 5.11 Å². The molecule has 0 radical (unpaired) electrons. The van der Waals surface area contributed by atoms with Gasteiger partial charge in [0.2, 0.25) is 5.11 Å². The van der Waals surface area contributed by atoms with Gasteiger partial charge in [0.15, 0.2) is 0 Å². The fourth-order valence-corrected chi connectivity index (χ4v) is 2.36. The number of hydrogen-bond acceptors (Lipinski definition) is 5. The van der Waals surface area contributed by atoms with Gasteiger partial charge in [-0.15, -0.1) is 0 Å². The van der Waals surface area contributed by atoms with Crippen molar-refractivity contribution in [2.24, 2.45) is 10.2 Å². The van der Waals surface area contributed by atoms with Crippen LogP contribution in [0.2, 0.25) is 0 Å². The molecule has 0 spiro atoms. The van der Waals surface area contributed by atoms with Crippen LogP contribution < -0.4 is 10.9 Å². The molecular formula is C20H17N5OS. The van der Waals surface area contributed by atoms with E-state index in [9.17, 15) is 5.11 Å². The minimum atomic E-state index is 0.140. The van der Waals surface area contributed by atoms with E-state index in [0.717, 1.165) is 11.3 Å². The summed E-state index contributed by atoms with van der Waals surface area (Å²) in [6, 6.07) is 22.2. The highest BCUT2D eigenvalue weighted by Gasteiger charge is 2.08. The number of rotatable bonds is 5. The number of nitrogens with one attached hydrogen (secondary N) is 2. The Morgan fingerprint density at radius 1 is 0.926 bits per heavy atom. The summed E-state index contributed by atoms with van der Waals surface area (Å²) in [5, 5.41) is 18.3. The van der Waals surface area contributed by atoms with Crippen LogP contribution in [0.25, 0.3) is 0 Å². The maximum Gasteiger partial charge on any atom is 0.207 e. The van der Waals surface area contributed by atoms with Crippen molar-refractivity contribution in [1.29, 1.82) is 0 Å². The number of hydrogen-bond donors (Lipinski definition) is 3. The monoisotopic (exact) mass is 375 g/mol. The summed E-state index contributed by atoms with van der Waals surface area (Å²) in [5.41, 5.74) is 8.30. The second kappa shape index (κ2) is 9.21. The van der Waals surface area contributed by atoms with E-state index in [2.05, 4.69) is 26.0 Å². The van der Waals surface area contributed by atoms with E-state index < -0.39 is 0 Å². The van der Waals surface area contributed by atoms with Gasteiger partial charge in [0.25, 0.3) is 0 Å². The molecule has 0 bridgehead atoms. The van der Waals surface area contributed by atoms with Gasteiger partial charge in [-0.25, -0.2) is 0 Å². The van der Waals surface area contributed by atoms with Crippen LogP contribution >= 0.6 is 12.2 Å². The van der Waals surface area contributed by atoms with Gasteiger partial charge in [0.05, 0.1) is 11.9 Å². The smallest absolute Gasteiger partial charge is 0.207 e. The number of phenols is 1. The second-order valence-electron chi connectivity index (χ2n) is 5.41. The summed E-state index contributed by atoms with van der Waals surface area (Å²) in [6.07, 6.45) is 3.19. The first kappa shape index (κ1) is 18.2. The van der Waals surface area contributed by atoms with Gasteiger partial charge in [0, 0.05) is 17.3 Å². The van der Waals surface area contributed by atoms with Crippen LogP contribution in [0.4, 0.5) is 0 Å². The first-order chi connectivity index (χ1) is 13.2. The topological polar surface area (TPSA) is 81.9 Å². The van der Waals surface area contributed by atoms with E-state index >= 15 is 0 Å². The number of thiocarbonyl (C=S) groups is 1. The Kier molecular flexibility index (Phi) is 6.21. The SMILES string of the molecule is Oc1ccccc1C=NNC(=S)NN=C(c1ccccc1)c1ccccn1. The molecule has 3 rings (SSSR count). The van der Waals surface area contributed by atoms with Gasteiger partial charge in [-0.1, -0.05) is 48.5 Å². The maximum atomic E-state index is 9.71. The van der Waals surface area contributed by atoms with E-state index in [1.165, 1.54) is 6.21 Å². The van der Waals surface area contributed by atoms with Crippen molar-refractivity contribution >= 4 is 29.3 Å². The number of para-hydroxylation sites is 1. The third kappa shape index (κ3) is 5.20. The highest BCUT2D eigenvalue weighted by Crippen LogP contribution is 2.12. The van der Waals surface area contributed by atoms with Gasteiger partial charge in [0.1, 0.15) is 11.5 Å². The predicted molar refractivity (Wildman–Crippen MR) is 111 cm³/mol. The average molecular weight is 375 g/mol. The summed E-state index contributed by atoms with van der Waals surface area (Å²) in [7, 11) is 0. The molecule has 3 aromatic rings. The van der Waals surface area contributed by atoms with Crippen molar-refractivity contribution in [1.82, 2.24) is 15.8 Å². The van der Waals surface area contributed by atoms with Crippen molar-refractivity contribution in [3.05, 3.63) is 95.8 Å². The zero-order valence-electron chi connectivity index (χ0n) is 14.3. The molecule has 3 N–H and O–H groups in total. The molecule has 0 saturated carbocycles. The highest BCUT2D eigenvalue weighted by atomic mass is 32.1. The summed E-state index contributed by atoms with van der Waals surface area (Å²) in [5.74, 6) is 0.140. The van der Waals surface area contributed by atoms with Gasteiger partial charge in [-0.05, 0) is 36.5 Å². The second-order valence-corrected chi connectivity index (χ2v) is 5.82. The number of aromatic nitrogens is 1. The van der Waals surface area contributed by atoms with Crippen molar-refractivity contribution in [3.63, 3.8) is 0 Å². The standard InChI is InChI=1S/C20H17N5OS/c26-18-12-5-4-10-16(18)14-22-24-20(27)25-23-19(15-8-2-1-3-9-15)17-11-6-7-13-21-17/h1-14,26H,(H2,24,25,27). The van der Waals surface area contributed by atoms with Gasteiger partial charge in [-0.3, -0.25) is 15.8 Å². The first-order valence-electron chi connectivity index (χ1n) is 8.15. The summed E-state index contributed by atoms with van der Waals surface area (Å²) in [4.78, 5) is 4.35. The van der Waals surface area contributed by atoms with Gasteiger partial charge < -0.3 is 5.11 Å². The van der Waals surface area contributed by atoms with Crippen LogP contribution in [-0.2, 0) is 0 Å². The maximum absolute atomic E-state index is 9.71. The molecule has 0 unspecified atom stereocenters. The lowest BCUT2D eigenvalue weighted by Gasteiger charge is -2.08. The molecule has 1 heterocycles. The lowest BCUT2D eigenvalue weighted by atomic mass is 10.1. The lowest BCUT2D eigenvalue weighted by molar-refractivity contribution is 0.474. The quantitative estimate of drug-likeness (QED) is 0.363. The van der Waals surface area contributed by atoms with E-state index in [-0.39, 0.29) is 10.9 Å². The Bertz CT molecular complexity index is 917. The van der Waals surface area contributed by atoms with Crippen LogP contribution in [-0.4, -0.2) is 27.1 Å².